The second-order valence-corrected chi connectivity index (χ2v) is 3.52. The number of carbonyl (C=O) groups excluding carboxylic acids is 1. The second-order valence-electron chi connectivity index (χ2n) is 3.52. The molecule has 0 heterocycles. The number of hydrogen-bond donors (Lipinski definition) is 1. The summed E-state index contributed by atoms with van der Waals surface area (Å²) in [6.45, 7) is 10.5. The summed E-state index contributed by atoms with van der Waals surface area (Å²) in [6, 6.07) is 0. The summed E-state index contributed by atoms with van der Waals surface area (Å²) in [5.74, 6) is -1.50. The maximum Gasteiger partial charge on any atom is 0.306 e. The molecule has 0 amide bonds. The van der Waals surface area contributed by atoms with Gasteiger partial charge >= 0.3 is 11.9 Å². The van der Waals surface area contributed by atoms with Crippen molar-refractivity contribution in [3.8, 4) is 0 Å². The number of ether oxygens (including phenoxy) is 2. The molecule has 0 saturated heterocycles. The summed E-state index contributed by atoms with van der Waals surface area (Å²) in [5.41, 5.74) is 1.17. The van der Waals surface area contributed by atoms with E-state index in [1.165, 1.54) is 5.57 Å². The lowest BCUT2D eigenvalue weighted by atomic mass is 10.3. The molecule has 0 aromatic rings. The summed E-state index contributed by atoms with van der Waals surface area (Å²) in [6.07, 6.45) is -0.269. The molecule has 1 N–H and O–H groups in total. The molecular formula is C12H22O5. The van der Waals surface area contributed by atoms with Crippen LogP contribution in [0.15, 0.2) is 12.2 Å². The van der Waals surface area contributed by atoms with Gasteiger partial charge in [0.1, 0.15) is 6.61 Å². The summed E-state index contributed by atoms with van der Waals surface area (Å²) in [7, 11) is 0. The third-order valence-corrected chi connectivity index (χ3v) is 1.24. The van der Waals surface area contributed by atoms with Gasteiger partial charge in [0.25, 0.3) is 0 Å². The third kappa shape index (κ3) is 25.2. The van der Waals surface area contributed by atoms with Gasteiger partial charge in [-0.25, -0.2) is 0 Å². The predicted octanol–water partition coefficient (Wildman–Crippen LogP) is 2.01. The fraction of sp³-hybridized carbons (Fsp3) is 0.667. The lowest BCUT2D eigenvalue weighted by Gasteiger charge is -2.03. The minimum atomic E-state index is -0.998. The van der Waals surface area contributed by atoms with E-state index < -0.39 is 11.9 Å². The van der Waals surface area contributed by atoms with Crippen LogP contribution in [0.3, 0.4) is 0 Å². The van der Waals surface area contributed by atoms with Crippen molar-refractivity contribution in [3.05, 3.63) is 12.2 Å². The molecule has 0 atom stereocenters. The summed E-state index contributed by atoms with van der Waals surface area (Å²) in [4.78, 5) is 20.8. The van der Waals surface area contributed by atoms with Crippen molar-refractivity contribution in [1.82, 2.24) is 0 Å². The summed E-state index contributed by atoms with van der Waals surface area (Å²) >= 11 is 0. The zero-order valence-corrected chi connectivity index (χ0v) is 10.8. The van der Waals surface area contributed by atoms with E-state index in [-0.39, 0.29) is 19.4 Å². The van der Waals surface area contributed by atoms with Crippen molar-refractivity contribution in [3.63, 3.8) is 0 Å². The van der Waals surface area contributed by atoms with Crippen LogP contribution in [0.1, 0.15) is 33.6 Å². The molecule has 0 unspecified atom stereocenters. The number of allylic oxidation sites excluding steroid dienone is 1. The molecule has 0 aliphatic heterocycles. The van der Waals surface area contributed by atoms with Crippen molar-refractivity contribution >= 4 is 11.9 Å². The number of rotatable bonds is 7. The predicted molar refractivity (Wildman–Crippen MR) is 64.8 cm³/mol. The van der Waals surface area contributed by atoms with Gasteiger partial charge in [-0.2, -0.15) is 0 Å². The van der Waals surface area contributed by atoms with Crippen molar-refractivity contribution in [1.29, 1.82) is 0 Å². The van der Waals surface area contributed by atoms with Gasteiger partial charge in [-0.1, -0.05) is 5.57 Å². The molecule has 0 bridgehead atoms. The van der Waals surface area contributed by atoms with Crippen LogP contribution in [-0.4, -0.2) is 36.9 Å². The van der Waals surface area contributed by atoms with E-state index in [9.17, 15) is 9.59 Å². The Morgan fingerprint density at radius 1 is 1.18 bits per heavy atom. The van der Waals surface area contributed by atoms with Crippen LogP contribution in [0.2, 0.25) is 0 Å². The van der Waals surface area contributed by atoms with Crippen molar-refractivity contribution in [2.75, 3.05) is 19.8 Å². The molecule has 0 spiro atoms. The molecule has 5 heteroatoms. The van der Waals surface area contributed by atoms with E-state index >= 15 is 0 Å². The number of carboxylic acid groups (broad SMARTS) is 1. The first kappa shape index (κ1) is 18.0. The average Bonchev–Trinajstić information content (AvgIpc) is 2.20. The fourth-order valence-corrected chi connectivity index (χ4v) is 0.640. The van der Waals surface area contributed by atoms with Crippen LogP contribution < -0.4 is 0 Å². The molecular weight excluding hydrogens is 224 g/mol. The lowest BCUT2D eigenvalue weighted by Crippen LogP contribution is -2.11. The Morgan fingerprint density at radius 2 is 1.71 bits per heavy atom. The van der Waals surface area contributed by atoms with Crippen LogP contribution in [0, 0.1) is 0 Å². The first-order valence-corrected chi connectivity index (χ1v) is 5.47. The van der Waals surface area contributed by atoms with Gasteiger partial charge in [-0.05, 0) is 20.8 Å². The Kier molecular flexibility index (Phi) is 13.5. The van der Waals surface area contributed by atoms with Gasteiger partial charge in [-0.3, -0.25) is 9.59 Å². The van der Waals surface area contributed by atoms with E-state index in [0.717, 1.165) is 0 Å². The van der Waals surface area contributed by atoms with Crippen LogP contribution in [0.4, 0.5) is 0 Å². The fourth-order valence-electron chi connectivity index (χ4n) is 0.640. The quantitative estimate of drug-likeness (QED) is 0.422. The van der Waals surface area contributed by atoms with Crippen LogP contribution in [-0.2, 0) is 19.1 Å². The molecule has 0 aromatic carbocycles. The van der Waals surface area contributed by atoms with E-state index in [1.54, 1.807) is 0 Å². The monoisotopic (exact) mass is 246 g/mol. The first-order valence-electron chi connectivity index (χ1n) is 5.47. The van der Waals surface area contributed by atoms with E-state index in [4.69, 9.17) is 9.84 Å². The Bertz CT molecular complexity index is 231. The number of aliphatic carboxylic acids is 1. The average molecular weight is 246 g/mol. The van der Waals surface area contributed by atoms with Gasteiger partial charge < -0.3 is 14.6 Å². The van der Waals surface area contributed by atoms with Crippen molar-refractivity contribution in [2.24, 2.45) is 0 Å². The highest BCUT2D eigenvalue weighted by atomic mass is 16.6. The van der Waals surface area contributed by atoms with Crippen LogP contribution in [0.5, 0.6) is 0 Å². The molecule has 0 saturated carbocycles. The zero-order chi connectivity index (χ0) is 13.7. The minimum Gasteiger partial charge on any atom is -0.481 e. The first-order chi connectivity index (χ1) is 7.90. The molecule has 5 nitrogen and oxygen atoms in total. The minimum absolute atomic E-state index is 0.0819. The smallest absolute Gasteiger partial charge is 0.306 e. The van der Waals surface area contributed by atoms with Crippen molar-refractivity contribution in [2.45, 2.75) is 33.6 Å². The number of hydrogen-bond acceptors (Lipinski definition) is 4. The molecule has 0 aliphatic rings. The van der Waals surface area contributed by atoms with Crippen LogP contribution in [0.25, 0.3) is 0 Å². The summed E-state index contributed by atoms with van der Waals surface area (Å²) in [5, 5.41) is 8.24. The molecule has 100 valence electrons. The topological polar surface area (TPSA) is 72.8 Å². The van der Waals surface area contributed by atoms with Gasteiger partial charge in [0, 0.05) is 6.61 Å². The highest BCUT2D eigenvalue weighted by Crippen LogP contribution is 1.92. The maximum atomic E-state index is 10.8. The number of esters is 1. The highest BCUT2D eigenvalue weighted by molar-refractivity contribution is 5.76. The highest BCUT2D eigenvalue weighted by Gasteiger charge is 2.05. The molecule has 17 heavy (non-hydrogen) atoms. The summed E-state index contributed by atoms with van der Waals surface area (Å²) < 4.78 is 9.58. The number of carbonyl (C=O) groups is 2. The maximum absolute atomic E-state index is 10.8. The van der Waals surface area contributed by atoms with Crippen LogP contribution >= 0.6 is 0 Å². The molecule has 0 aromatic heterocycles. The number of carboxylic acids is 1. The van der Waals surface area contributed by atoms with Gasteiger partial charge in [0.2, 0.25) is 0 Å². The Labute approximate surface area is 102 Å². The SMILES string of the molecule is C=C(C)C.CCOCCOC(=O)CCC(=O)O. The normalized spacial score (nSPS) is 8.88. The van der Waals surface area contributed by atoms with Gasteiger partial charge in [-0.15, -0.1) is 6.58 Å². The van der Waals surface area contributed by atoms with Gasteiger partial charge in [0.05, 0.1) is 19.4 Å². The Hall–Kier alpha value is -1.36. The second kappa shape index (κ2) is 12.7. The molecule has 0 aliphatic carbocycles. The molecule has 0 rings (SSSR count). The standard InChI is InChI=1S/C8H14O5.C4H8/c1-2-12-5-6-13-8(11)4-3-7(9)10;1-4(2)3/h2-6H2,1H3,(H,9,10);1H2,2-3H3. The van der Waals surface area contributed by atoms with Gasteiger partial charge in [0.15, 0.2) is 0 Å². The lowest BCUT2D eigenvalue weighted by molar-refractivity contribution is -0.148. The molecule has 0 fully saturated rings. The largest absolute Gasteiger partial charge is 0.481 e. The van der Waals surface area contributed by atoms with E-state index in [2.05, 4.69) is 11.3 Å². The van der Waals surface area contributed by atoms with E-state index in [1.807, 2.05) is 20.8 Å². The van der Waals surface area contributed by atoms with E-state index in [0.29, 0.717) is 13.2 Å². The zero-order valence-electron chi connectivity index (χ0n) is 10.8. The third-order valence-electron chi connectivity index (χ3n) is 1.24. The van der Waals surface area contributed by atoms with Crippen molar-refractivity contribution < 1.29 is 24.2 Å². The molecule has 0 radical (unpaired) electrons. The Morgan fingerprint density at radius 3 is 2.12 bits per heavy atom. The Balaban J connectivity index is 0.